The van der Waals surface area contributed by atoms with E-state index in [0.717, 1.165) is 28.1 Å². The number of thioether (sulfide) groups is 1. The van der Waals surface area contributed by atoms with Gasteiger partial charge in [-0.25, -0.2) is 9.97 Å². The fourth-order valence-electron chi connectivity index (χ4n) is 3.11. The first-order valence-corrected chi connectivity index (χ1v) is 10.4. The van der Waals surface area contributed by atoms with Crippen molar-refractivity contribution in [1.82, 2.24) is 19.5 Å². The number of fused-ring (bicyclic) bond motifs is 1. The fourth-order valence-corrected chi connectivity index (χ4v) is 3.92. The van der Waals surface area contributed by atoms with Gasteiger partial charge in [0.15, 0.2) is 16.3 Å². The molecule has 4 rings (SSSR count). The monoisotopic (exact) mass is 419 g/mol. The zero-order chi connectivity index (χ0) is 21.3. The van der Waals surface area contributed by atoms with Crippen molar-refractivity contribution in [1.29, 1.82) is 0 Å². The van der Waals surface area contributed by atoms with Crippen molar-refractivity contribution in [3.63, 3.8) is 0 Å². The smallest absolute Gasteiger partial charge is 0.278 e. The van der Waals surface area contributed by atoms with Gasteiger partial charge in [0, 0.05) is 11.4 Å². The summed E-state index contributed by atoms with van der Waals surface area (Å²) in [5.41, 5.74) is 5.30. The van der Waals surface area contributed by atoms with E-state index < -0.39 is 0 Å². The standard InChI is InChI=1S/C22H21N5O2S/c1-13-7-9-16(10-8-13)27-20-19(21(29)24-12-23-20)26-22(27)30-11-18(28)25-17-6-4-5-14(2)15(17)3/h4-10,12H,11H2,1-3H3,(H,25,28)(H,23,24,29). The first-order valence-electron chi connectivity index (χ1n) is 9.46. The van der Waals surface area contributed by atoms with Gasteiger partial charge in [0.05, 0.1) is 12.1 Å². The van der Waals surface area contributed by atoms with Crippen LogP contribution in [0.5, 0.6) is 0 Å². The largest absolute Gasteiger partial charge is 0.325 e. The van der Waals surface area contributed by atoms with E-state index in [1.165, 1.54) is 18.1 Å². The lowest BCUT2D eigenvalue weighted by atomic mass is 10.1. The summed E-state index contributed by atoms with van der Waals surface area (Å²) in [7, 11) is 0. The van der Waals surface area contributed by atoms with Gasteiger partial charge in [-0.1, -0.05) is 41.6 Å². The summed E-state index contributed by atoms with van der Waals surface area (Å²) in [6.07, 6.45) is 1.36. The maximum atomic E-state index is 12.6. The molecule has 0 aliphatic heterocycles. The maximum Gasteiger partial charge on any atom is 0.278 e. The number of rotatable bonds is 5. The summed E-state index contributed by atoms with van der Waals surface area (Å²) in [5.74, 6) is 0.0126. The Balaban J connectivity index is 1.64. The third-order valence-corrected chi connectivity index (χ3v) is 5.86. The highest BCUT2D eigenvalue weighted by Crippen LogP contribution is 2.26. The predicted octanol–water partition coefficient (Wildman–Crippen LogP) is 3.76. The number of hydrogen-bond donors (Lipinski definition) is 2. The average molecular weight is 420 g/mol. The number of H-pyrrole nitrogens is 1. The Morgan fingerprint density at radius 3 is 2.67 bits per heavy atom. The second kappa shape index (κ2) is 8.16. The van der Waals surface area contributed by atoms with Gasteiger partial charge < -0.3 is 10.3 Å². The summed E-state index contributed by atoms with van der Waals surface area (Å²) in [4.78, 5) is 36.1. The number of hydrogen-bond acceptors (Lipinski definition) is 5. The molecule has 2 aromatic carbocycles. The topological polar surface area (TPSA) is 92.7 Å². The molecule has 4 aromatic rings. The molecule has 0 bridgehead atoms. The van der Waals surface area contributed by atoms with Crippen LogP contribution < -0.4 is 10.9 Å². The Hall–Kier alpha value is -3.39. The molecule has 1 amide bonds. The van der Waals surface area contributed by atoms with Crippen molar-refractivity contribution in [3.05, 3.63) is 75.8 Å². The number of carbonyl (C=O) groups excluding carboxylic acids is 1. The van der Waals surface area contributed by atoms with Crippen molar-refractivity contribution in [2.45, 2.75) is 25.9 Å². The second-order valence-corrected chi connectivity index (χ2v) is 8.00. The second-order valence-electron chi connectivity index (χ2n) is 7.05. The molecule has 0 radical (unpaired) electrons. The number of aryl methyl sites for hydroxylation is 2. The molecule has 2 N–H and O–H groups in total. The molecule has 2 aromatic heterocycles. The minimum Gasteiger partial charge on any atom is -0.325 e. The highest BCUT2D eigenvalue weighted by molar-refractivity contribution is 7.99. The molecule has 0 unspecified atom stereocenters. The van der Waals surface area contributed by atoms with Gasteiger partial charge in [-0.3, -0.25) is 14.2 Å². The number of carbonyl (C=O) groups is 1. The zero-order valence-electron chi connectivity index (χ0n) is 16.9. The highest BCUT2D eigenvalue weighted by atomic mass is 32.2. The maximum absolute atomic E-state index is 12.6. The molecule has 7 nitrogen and oxygen atoms in total. The number of anilines is 1. The number of aromatic nitrogens is 4. The van der Waals surface area contributed by atoms with Crippen molar-refractivity contribution >= 4 is 34.5 Å². The van der Waals surface area contributed by atoms with Crippen LogP contribution >= 0.6 is 11.8 Å². The quantitative estimate of drug-likeness (QED) is 0.481. The van der Waals surface area contributed by atoms with Crippen molar-refractivity contribution < 1.29 is 4.79 Å². The Bertz CT molecular complexity index is 1290. The summed E-state index contributed by atoms with van der Waals surface area (Å²) in [6, 6.07) is 13.7. The number of nitrogens with zero attached hydrogens (tertiary/aromatic N) is 3. The van der Waals surface area contributed by atoms with E-state index in [1.807, 2.05) is 63.2 Å². The highest BCUT2D eigenvalue weighted by Gasteiger charge is 2.18. The minimum absolute atomic E-state index is 0.141. The van der Waals surface area contributed by atoms with E-state index in [9.17, 15) is 9.59 Å². The van der Waals surface area contributed by atoms with Gasteiger partial charge in [0.25, 0.3) is 5.56 Å². The van der Waals surface area contributed by atoms with Crippen LogP contribution in [0, 0.1) is 20.8 Å². The first-order chi connectivity index (χ1) is 14.4. The van der Waals surface area contributed by atoms with Crippen LogP contribution in [-0.2, 0) is 4.79 Å². The van der Waals surface area contributed by atoms with Crippen LogP contribution in [-0.4, -0.2) is 31.2 Å². The van der Waals surface area contributed by atoms with Crippen LogP contribution in [0.15, 0.2) is 58.7 Å². The molecule has 0 aliphatic carbocycles. The average Bonchev–Trinajstić information content (AvgIpc) is 3.10. The number of nitrogens with one attached hydrogen (secondary N) is 2. The lowest BCUT2D eigenvalue weighted by molar-refractivity contribution is -0.113. The van der Waals surface area contributed by atoms with Crippen LogP contribution in [0.2, 0.25) is 0 Å². The molecule has 0 atom stereocenters. The van der Waals surface area contributed by atoms with E-state index in [2.05, 4.69) is 20.3 Å². The Labute approximate surface area is 177 Å². The van der Waals surface area contributed by atoms with Crippen molar-refractivity contribution in [2.24, 2.45) is 0 Å². The molecular weight excluding hydrogens is 398 g/mol. The Morgan fingerprint density at radius 1 is 1.13 bits per heavy atom. The fraction of sp³-hybridized carbons (Fsp3) is 0.182. The number of aromatic amines is 1. The van der Waals surface area contributed by atoms with Gasteiger partial charge in [0.2, 0.25) is 5.91 Å². The third-order valence-electron chi connectivity index (χ3n) is 4.92. The van der Waals surface area contributed by atoms with Crippen LogP contribution in [0.3, 0.4) is 0 Å². The number of imidazole rings is 1. The summed E-state index contributed by atoms with van der Waals surface area (Å²) < 4.78 is 1.81. The van der Waals surface area contributed by atoms with Gasteiger partial charge in [-0.2, -0.15) is 0 Å². The van der Waals surface area contributed by atoms with Gasteiger partial charge in [0.1, 0.15) is 0 Å². The number of benzene rings is 2. The zero-order valence-corrected chi connectivity index (χ0v) is 17.7. The normalized spacial score (nSPS) is 11.0. The van der Waals surface area contributed by atoms with Crippen LogP contribution in [0.4, 0.5) is 5.69 Å². The van der Waals surface area contributed by atoms with E-state index in [0.29, 0.717) is 10.8 Å². The van der Waals surface area contributed by atoms with Gasteiger partial charge >= 0.3 is 0 Å². The molecule has 30 heavy (non-hydrogen) atoms. The molecule has 2 heterocycles. The van der Waals surface area contributed by atoms with Crippen molar-refractivity contribution in [3.8, 4) is 5.69 Å². The van der Waals surface area contributed by atoms with Crippen LogP contribution in [0.1, 0.15) is 16.7 Å². The van der Waals surface area contributed by atoms with Gasteiger partial charge in [-0.15, -0.1) is 0 Å². The van der Waals surface area contributed by atoms with E-state index in [-0.39, 0.29) is 22.7 Å². The molecule has 0 saturated heterocycles. The lowest BCUT2D eigenvalue weighted by Crippen LogP contribution is -2.15. The van der Waals surface area contributed by atoms with E-state index >= 15 is 0 Å². The molecular formula is C22H21N5O2S. The Morgan fingerprint density at radius 2 is 1.90 bits per heavy atom. The molecule has 8 heteroatoms. The summed E-state index contributed by atoms with van der Waals surface area (Å²) in [6.45, 7) is 5.99. The molecule has 0 spiro atoms. The molecule has 0 fully saturated rings. The minimum atomic E-state index is -0.312. The van der Waals surface area contributed by atoms with Crippen LogP contribution in [0.25, 0.3) is 16.9 Å². The molecule has 0 saturated carbocycles. The lowest BCUT2D eigenvalue weighted by Gasteiger charge is -2.11. The third kappa shape index (κ3) is 3.86. The Kier molecular flexibility index (Phi) is 5.41. The summed E-state index contributed by atoms with van der Waals surface area (Å²) in [5, 5.41) is 3.49. The first kappa shape index (κ1) is 19.9. The SMILES string of the molecule is Cc1ccc(-n2c(SCC(=O)Nc3cccc(C)c3C)nc3c(=O)[nH]cnc32)cc1. The van der Waals surface area contributed by atoms with Crippen molar-refractivity contribution in [2.75, 3.05) is 11.1 Å². The number of amides is 1. The predicted molar refractivity (Wildman–Crippen MR) is 119 cm³/mol. The summed E-state index contributed by atoms with van der Waals surface area (Å²) >= 11 is 1.26. The molecule has 0 aliphatic rings. The van der Waals surface area contributed by atoms with E-state index in [4.69, 9.17) is 0 Å². The van der Waals surface area contributed by atoms with E-state index in [1.54, 1.807) is 4.57 Å². The molecule has 152 valence electrons. The van der Waals surface area contributed by atoms with Gasteiger partial charge in [-0.05, 0) is 50.1 Å².